The Hall–Kier alpha value is -3.65. The van der Waals surface area contributed by atoms with Gasteiger partial charge in [0, 0.05) is 43.4 Å². The minimum Gasteiger partial charge on any atom is -0.378 e. The van der Waals surface area contributed by atoms with Crippen molar-refractivity contribution in [3.05, 3.63) is 67.3 Å². The van der Waals surface area contributed by atoms with Crippen LogP contribution in [0.2, 0.25) is 0 Å². The zero-order valence-corrected chi connectivity index (χ0v) is 16.9. The Morgan fingerprint density at radius 3 is 2.67 bits per heavy atom. The van der Waals surface area contributed by atoms with Crippen molar-refractivity contribution in [3.63, 3.8) is 0 Å². The van der Waals surface area contributed by atoms with Crippen LogP contribution in [0.25, 0.3) is 17.1 Å². The molecule has 0 unspecified atom stereocenters. The summed E-state index contributed by atoms with van der Waals surface area (Å²) in [6, 6.07) is 5.76. The number of nitrogens with zero attached hydrogens (tertiary/aromatic N) is 7. The second-order valence-corrected chi connectivity index (χ2v) is 6.74. The van der Waals surface area contributed by atoms with Gasteiger partial charge in [0.25, 0.3) is 5.95 Å². The fourth-order valence-electron chi connectivity index (χ4n) is 3.20. The monoisotopic (exact) mass is 401 g/mol. The molecule has 1 aliphatic rings. The summed E-state index contributed by atoms with van der Waals surface area (Å²) in [6.07, 6.45) is 8.59. The van der Waals surface area contributed by atoms with E-state index >= 15 is 0 Å². The lowest BCUT2D eigenvalue weighted by molar-refractivity contribution is 0.122. The summed E-state index contributed by atoms with van der Waals surface area (Å²) in [4.78, 5) is 20.3. The van der Waals surface area contributed by atoms with Gasteiger partial charge in [-0.05, 0) is 30.7 Å². The fourth-order valence-corrected chi connectivity index (χ4v) is 3.20. The van der Waals surface area contributed by atoms with Gasteiger partial charge in [0.15, 0.2) is 5.82 Å². The number of anilines is 2. The Morgan fingerprint density at radius 2 is 1.97 bits per heavy atom. The van der Waals surface area contributed by atoms with Crippen molar-refractivity contribution in [2.24, 2.45) is 5.10 Å². The van der Waals surface area contributed by atoms with Crippen LogP contribution in [0.5, 0.6) is 0 Å². The van der Waals surface area contributed by atoms with Gasteiger partial charge in [-0.2, -0.15) is 10.1 Å². The third-order valence-corrected chi connectivity index (χ3v) is 4.81. The quantitative estimate of drug-likeness (QED) is 0.463. The highest BCUT2D eigenvalue weighted by molar-refractivity contribution is 5.99. The van der Waals surface area contributed by atoms with Crippen LogP contribution in [0.3, 0.4) is 0 Å². The van der Waals surface area contributed by atoms with Crippen molar-refractivity contribution < 1.29 is 4.74 Å². The van der Waals surface area contributed by atoms with Crippen LogP contribution in [0.1, 0.15) is 18.1 Å². The molecule has 30 heavy (non-hydrogen) atoms. The summed E-state index contributed by atoms with van der Waals surface area (Å²) in [5.74, 6) is 1.19. The van der Waals surface area contributed by atoms with E-state index in [4.69, 9.17) is 14.7 Å². The molecule has 3 aromatic rings. The predicted octanol–water partition coefficient (Wildman–Crippen LogP) is 3.27. The maximum absolute atomic E-state index is 5.50. The fraction of sp³-hybridized carbons (Fsp3) is 0.227. The van der Waals surface area contributed by atoms with Crippen LogP contribution in [-0.4, -0.2) is 52.0 Å². The van der Waals surface area contributed by atoms with Gasteiger partial charge in [-0.3, -0.25) is 9.97 Å². The molecule has 8 heteroatoms. The van der Waals surface area contributed by atoms with Crippen molar-refractivity contribution in [1.82, 2.24) is 19.9 Å². The molecule has 0 atom stereocenters. The molecule has 0 aromatic carbocycles. The summed E-state index contributed by atoms with van der Waals surface area (Å²) < 4.78 is 5.50. The van der Waals surface area contributed by atoms with Gasteiger partial charge in [0.2, 0.25) is 0 Å². The minimum absolute atomic E-state index is 0.426. The van der Waals surface area contributed by atoms with E-state index < -0.39 is 0 Å². The van der Waals surface area contributed by atoms with Gasteiger partial charge in [-0.1, -0.05) is 19.2 Å². The summed E-state index contributed by atoms with van der Waals surface area (Å²) >= 11 is 0. The molecular weight excluding hydrogens is 378 g/mol. The normalized spacial score (nSPS) is 14.6. The maximum atomic E-state index is 5.50. The van der Waals surface area contributed by atoms with E-state index in [2.05, 4.69) is 33.1 Å². The first-order valence-electron chi connectivity index (χ1n) is 9.70. The summed E-state index contributed by atoms with van der Waals surface area (Å²) in [6.45, 7) is 12.4. The molecule has 0 N–H and O–H groups in total. The molecule has 1 saturated heterocycles. The summed E-state index contributed by atoms with van der Waals surface area (Å²) in [7, 11) is 0. The Labute approximate surface area is 175 Å². The van der Waals surface area contributed by atoms with Gasteiger partial charge >= 0.3 is 0 Å². The lowest BCUT2D eigenvalue weighted by Gasteiger charge is -2.29. The number of morpholine rings is 1. The molecule has 152 valence electrons. The molecule has 0 amide bonds. The third-order valence-electron chi connectivity index (χ3n) is 4.81. The molecule has 0 saturated carbocycles. The largest absolute Gasteiger partial charge is 0.378 e. The zero-order valence-electron chi connectivity index (χ0n) is 16.9. The molecule has 1 fully saturated rings. The molecule has 0 radical (unpaired) electrons. The predicted molar refractivity (Wildman–Crippen MR) is 120 cm³/mol. The molecule has 4 heterocycles. The van der Waals surface area contributed by atoms with E-state index in [0.29, 0.717) is 19.2 Å². The molecule has 8 nitrogen and oxygen atoms in total. The molecule has 3 aromatic heterocycles. The molecule has 0 aliphatic carbocycles. The Kier molecular flexibility index (Phi) is 5.76. The minimum atomic E-state index is 0.426. The highest BCUT2D eigenvalue weighted by Crippen LogP contribution is 2.27. The van der Waals surface area contributed by atoms with Crippen molar-refractivity contribution >= 4 is 34.6 Å². The number of ether oxygens (including phenoxy) is 1. The number of hydrogen-bond acceptors (Lipinski definition) is 8. The third kappa shape index (κ3) is 4.04. The van der Waals surface area contributed by atoms with Crippen LogP contribution in [0.15, 0.2) is 61.2 Å². The number of aromatic nitrogens is 4. The second kappa shape index (κ2) is 8.79. The number of hydrazone groups is 1. The van der Waals surface area contributed by atoms with Crippen molar-refractivity contribution in [2.45, 2.75) is 6.92 Å². The van der Waals surface area contributed by atoms with Gasteiger partial charge in [0.1, 0.15) is 5.52 Å². The zero-order chi connectivity index (χ0) is 20.9. The van der Waals surface area contributed by atoms with Crippen molar-refractivity contribution in [3.8, 4) is 0 Å². The topological polar surface area (TPSA) is 79.6 Å². The van der Waals surface area contributed by atoms with E-state index in [1.807, 2.05) is 25.1 Å². The molecule has 0 bridgehead atoms. The van der Waals surface area contributed by atoms with Gasteiger partial charge < -0.3 is 9.64 Å². The number of fused-ring (bicyclic) bond motifs is 1. The lowest BCUT2D eigenvalue weighted by atomic mass is 10.2. The van der Waals surface area contributed by atoms with E-state index in [1.165, 1.54) is 0 Å². The SMILES string of the molecule is C=Cc1cnc2c(N3CCOCC3)nc(N(C=C)/N=C(\C)c3ccncc3)nc2c1. The van der Waals surface area contributed by atoms with Crippen molar-refractivity contribution in [2.75, 3.05) is 36.2 Å². The lowest BCUT2D eigenvalue weighted by Crippen LogP contribution is -2.37. The van der Waals surface area contributed by atoms with Crippen LogP contribution >= 0.6 is 0 Å². The van der Waals surface area contributed by atoms with Crippen LogP contribution < -0.4 is 9.91 Å². The van der Waals surface area contributed by atoms with Gasteiger partial charge in [-0.25, -0.2) is 9.99 Å². The molecular formula is C22H23N7O. The van der Waals surface area contributed by atoms with Gasteiger partial charge in [0.05, 0.1) is 24.4 Å². The molecule has 4 rings (SSSR count). The van der Waals surface area contributed by atoms with Crippen molar-refractivity contribution in [1.29, 1.82) is 0 Å². The van der Waals surface area contributed by atoms with E-state index in [-0.39, 0.29) is 0 Å². The Bertz CT molecular complexity index is 1090. The summed E-state index contributed by atoms with van der Waals surface area (Å²) in [5, 5.41) is 6.25. The standard InChI is InChI=1S/C22H23N7O/c1-4-17-14-19-20(24-15-17)21(28-10-12-30-13-11-28)26-22(25-19)29(5-2)27-16(3)18-6-8-23-9-7-18/h4-9,14-15H,1-2,10-13H2,3H3/b27-16+. The first-order chi connectivity index (χ1) is 14.7. The maximum Gasteiger partial charge on any atom is 0.253 e. The second-order valence-electron chi connectivity index (χ2n) is 6.74. The Balaban J connectivity index is 1.82. The average molecular weight is 401 g/mol. The van der Waals surface area contributed by atoms with Crippen LogP contribution in [0, 0.1) is 0 Å². The highest BCUT2D eigenvalue weighted by atomic mass is 16.5. The summed E-state index contributed by atoms with van der Waals surface area (Å²) in [5.41, 5.74) is 4.11. The number of pyridine rings is 2. The van der Waals surface area contributed by atoms with Crippen LogP contribution in [0.4, 0.5) is 11.8 Å². The van der Waals surface area contributed by atoms with E-state index in [0.717, 1.165) is 46.8 Å². The number of hydrogen-bond donors (Lipinski definition) is 0. The first kappa shape index (κ1) is 19.7. The molecule has 1 aliphatic heterocycles. The first-order valence-corrected chi connectivity index (χ1v) is 9.70. The average Bonchev–Trinajstić information content (AvgIpc) is 2.82. The smallest absolute Gasteiger partial charge is 0.253 e. The molecule has 0 spiro atoms. The van der Waals surface area contributed by atoms with Crippen LogP contribution in [-0.2, 0) is 4.74 Å². The van der Waals surface area contributed by atoms with E-state index in [1.54, 1.807) is 35.9 Å². The number of rotatable bonds is 6. The highest BCUT2D eigenvalue weighted by Gasteiger charge is 2.20. The van der Waals surface area contributed by atoms with E-state index in [9.17, 15) is 0 Å². The Morgan fingerprint density at radius 1 is 1.20 bits per heavy atom. The van der Waals surface area contributed by atoms with Gasteiger partial charge in [-0.15, -0.1) is 0 Å².